The van der Waals surface area contributed by atoms with Gasteiger partial charge in [-0.3, -0.25) is 9.59 Å². The molecule has 160 valence electrons. The fourth-order valence-corrected chi connectivity index (χ4v) is 3.09. The van der Waals surface area contributed by atoms with Crippen LogP contribution < -0.4 is 14.2 Å². The first kappa shape index (κ1) is 22.0. The van der Waals surface area contributed by atoms with Gasteiger partial charge in [0.05, 0.1) is 21.3 Å². The van der Waals surface area contributed by atoms with Crippen LogP contribution in [0.4, 0.5) is 4.39 Å². The highest BCUT2D eigenvalue weighted by Crippen LogP contribution is 2.30. The van der Waals surface area contributed by atoms with E-state index in [1.807, 2.05) is 0 Å². The predicted molar refractivity (Wildman–Crippen MR) is 114 cm³/mol. The highest BCUT2D eigenvalue weighted by molar-refractivity contribution is 6.02. The van der Waals surface area contributed by atoms with Crippen LogP contribution in [0.3, 0.4) is 0 Å². The van der Waals surface area contributed by atoms with Gasteiger partial charge in [-0.25, -0.2) is 9.37 Å². The monoisotopic (exact) mass is 423 g/mol. The maximum Gasteiger partial charge on any atom is 0.181 e. The van der Waals surface area contributed by atoms with Crippen molar-refractivity contribution in [3.05, 3.63) is 71.7 Å². The van der Waals surface area contributed by atoms with E-state index in [0.717, 1.165) is 0 Å². The van der Waals surface area contributed by atoms with Crippen LogP contribution in [0, 0.1) is 5.82 Å². The Morgan fingerprint density at radius 1 is 0.774 bits per heavy atom. The van der Waals surface area contributed by atoms with Crippen LogP contribution in [0.1, 0.15) is 33.7 Å². The van der Waals surface area contributed by atoms with E-state index in [-0.39, 0.29) is 35.9 Å². The van der Waals surface area contributed by atoms with Crippen LogP contribution in [0.25, 0.3) is 11.3 Å². The average Bonchev–Trinajstić information content (AvgIpc) is 2.81. The van der Waals surface area contributed by atoms with E-state index in [9.17, 15) is 14.0 Å². The molecule has 0 atom stereocenters. The second-order valence-corrected chi connectivity index (χ2v) is 6.67. The van der Waals surface area contributed by atoms with Crippen molar-refractivity contribution in [1.82, 2.24) is 4.98 Å². The molecule has 3 rings (SSSR count). The van der Waals surface area contributed by atoms with Crippen molar-refractivity contribution in [1.29, 1.82) is 0 Å². The third-order valence-corrected chi connectivity index (χ3v) is 4.77. The van der Waals surface area contributed by atoms with Gasteiger partial charge in [0.25, 0.3) is 0 Å². The molecule has 0 amide bonds. The Bertz CT molecular complexity index is 1100. The number of hydrogen-bond donors (Lipinski definition) is 0. The number of rotatable bonds is 9. The van der Waals surface area contributed by atoms with Crippen LogP contribution in [-0.2, 0) is 0 Å². The third kappa shape index (κ3) is 5.06. The molecular formula is C24H22FNO5. The first-order chi connectivity index (χ1) is 15.0. The number of carbonyl (C=O) groups excluding carboxylic acids is 2. The summed E-state index contributed by atoms with van der Waals surface area (Å²) in [4.78, 5) is 29.6. The summed E-state index contributed by atoms with van der Waals surface area (Å²) in [5.74, 6) is 0.584. The lowest BCUT2D eigenvalue weighted by Gasteiger charge is -2.10. The molecule has 31 heavy (non-hydrogen) atoms. The van der Waals surface area contributed by atoms with Crippen LogP contribution in [0.15, 0.2) is 54.6 Å². The molecule has 0 saturated heterocycles. The lowest BCUT2D eigenvalue weighted by atomic mass is 10.0. The van der Waals surface area contributed by atoms with E-state index in [0.29, 0.717) is 34.1 Å². The van der Waals surface area contributed by atoms with Gasteiger partial charge in [0, 0.05) is 24.0 Å². The van der Waals surface area contributed by atoms with Gasteiger partial charge in [-0.1, -0.05) is 0 Å². The molecule has 0 aliphatic heterocycles. The molecule has 6 nitrogen and oxygen atoms in total. The Hall–Kier alpha value is -3.74. The van der Waals surface area contributed by atoms with Gasteiger partial charge in [-0.05, 0) is 54.6 Å². The van der Waals surface area contributed by atoms with Crippen LogP contribution in [0.2, 0.25) is 0 Å². The number of ketones is 2. The molecule has 0 saturated carbocycles. The number of methoxy groups -OCH3 is 3. The highest BCUT2D eigenvalue weighted by atomic mass is 19.1. The van der Waals surface area contributed by atoms with E-state index >= 15 is 0 Å². The van der Waals surface area contributed by atoms with Gasteiger partial charge in [-0.15, -0.1) is 0 Å². The Morgan fingerprint density at radius 3 is 2.03 bits per heavy atom. The quantitative estimate of drug-likeness (QED) is 0.462. The van der Waals surface area contributed by atoms with Crippen molar-refractivity contribution < 1.29 is 28.2 Å². The number of halogens is 1. The molecule has 1 aromatic heterocycles. The minimum atomic E-state index is -0.372. The van der Waals surface area contributed by atoms with Crippen molar-refractivity contribution in [2.45, 2.75) is 12.8 Å². The molecule has 0 aliphatic rings. The van der Waals surface area contributed by atoms with Crippen molar-refractivity contribution in [3.63, 3.8) is 0 Å². The maximum absolute atomic E-state index is 13.2. The van der Waals surface area contributed by atoms with Gasteiger partial charge in [0.15, 0.2) is 23.1 Å². The maximum atomic E-state index is 13.2. The van der Waals surface area contributed by atoms with Crippen LogP contribution in [-0.4, -0.2) is 37.9 Å². The first-order valence-electron chi connectivity index (χ1n) is 9.56. The highest BCUT2D eigenvalue weighted by Gasteiger charge is 2.17. The summed E-state index contributed by atoms with van der Waals surface area (Å²) in [5, 5.41) is 0. The van der Waals surface area contributed by atoms with Gasteiger partial charge < -0.3 is 14.2 Å². The zero-order valence-corrected chi connectivity index (χ0v) is 17.5. The van der Waals surface area contributed by atoms with Gasteiger partial charge >= 0.3 is 0 Å². The summed E-state index contributed by atoms with van der Waals surface area (Å²) in [6.07, 6.45) is 0.0171. The Labute approximate surface area is 179 Å². The summed E-state index contributed by atoms with van der Waals surface area (Å²) < 4.78 is 29.0. The van der Waals surface area contributed by atoms with Crippen LogP contribution in [0.5, 0.6) is 17.2 Å². The molecule has 3 aromatic rings. The number of carbonyl (C=O) groups is 2. The van der Waals surface area contributed by atoms with E-state index < -0.39 is 0 Å². The zero-order valence-electron chi connectivity index (χ0n) is 17.5. The molecule has 0 N–H and O–H groups in total. The fraction of sp³-hybridized carbons (Fsp3) is 0.208. The number of hydrogen-bond acceptors (Lipinski definition) is 6. The molecular weight excluding hydrogens is 401 g/mol. The van der Waals surface area contributed by atoms with Crippen molar-refractivity contribution in [2.75, 3.05) is 21.3 Å². The smallest absolute Gasteiger partial charge is 0.181 e. The topological polar surface area (TPSA) is 74.7 Å². The van der Waals surface area contributed by atoms with E-state index in [1.165, 1.54) is 33.5 Å². The number of Topliss-reactive ketones (excluding diaryl/α,β-unsaturated/α-hetero) is 2. The Morgan fingerprint density at radius 2 is 1.39 bits per heavy atom. The normalized spacial score (nSPS) is 10.5. The SMILES string of the molecule is COc1ccc(C(=O)CCC(=O)c2ccc(OC)c(-c3ccc(F)cc3)n2)cc1OC. The van der Waals surface area contributed by atoms with Gasteiger partial charge in [0.2, 0.25) is 0 Å². The summed E-state index contributed by atoms with van der Waals surface area (Å²) >= 11 is 0. The largest absolute Gasteiger partial charge is 0.494 e. The molecule has 0 unspecified atom stereocenters. The molecule has 0 bridgehead atoms. The van der Waals surface area contributed by atoms with Crippen molar-refractivity contribution in [2.24, 2.45) is 0 Å². The minimum absolute atomic E-state index is 0.00460. The third-order valence-electron chi connectivity index (χ3n) is 4.77. The van der Waals surface area contributed by atoms with E-state index in [4.69, 9.17) is 14.2 Å². The zero-order chi connectivity index (χ0) is 22.4. The van der Waals surface area contributed by atoms with Crippen molar-refractivity contribution >= 4 is 11.6 Å². The van der Waals surface area contributed by atoms with Crippen molar-refractivity contribution in [3.8, 4) is 28.5 Å². The van der Waals surface area contributed by atoms with Crippen LogP contribution >= 0.6 is 0 Å². The van der Waals surface area contributed by atoms with E-state index in [1.54, 1.807) is 42.5 Å². The summed E-state index contributed by atoms with van der Waals surface area (Å²) in [7, 11) is 4.50. The average molecular weight is 423 g/mol. The second-order valence-electron chi connectivity index (χ2n) is 6.67. The molecule has 0 fully saturated rings. The standard InChI is InChI=1S/C24H22FNO5/c1-29-21-12-6-16(14-23(21)31-3)19(27)10-11-20(28)18-9-13-22(30-2)24(26-18)15-4-7-17(25)8-5-15/h4-9,12-14H,10-11H2,1-3H3. The number of aromatic nitrogens is 1. The molecule has 1 heterocycles. The molecule has 0 radical (unpaired) electrons. The number of ether oxygens (including phenoxy) is 3. The fourth-order valence-electron chi connectivity index (χ4n) is 3.09. The molecule has 2 aromatic carbocycles. The summed E-state index contributed by atoms with van der Waals surface area (Å²) in [5.41, 5.74) is 1.69. The molecule has 0 aliphatic carbocycles. The van der Waals surface area contributed by atoms with Gasteiger partial charge in [0.1, 0.15) is 23.0 Å². The second kappa shape index (κ2) is 9.84. The molecule has 0 spiro atoms. The number of benzene rings is 2. The molecule has 7 heteroatoms. The predicted octanol–water partition coefficient (Wildman–Crippen LogP) is 4.76. The van der Waals surface area contributed by atoms with E-state index in [2.05, 4.69) is 4.98 Å². The Kier molecular flexibility index (Phi) is 6.97. The van der Waals surface area contributed by atoms with Gasteiger partial charge in [-0.2, -0.15) is 0 Å². The minimum Gasteiger partial charge on any atom is -0.494 e. The summed E-state index contributed by atoms with van der Waals surface area (Å²) in [6, 6.07) is 13.8. The lowest BCUT2D eigenvalue weighted by Crippen LogP contribution is -2.08. The Balaban J connectivity index is 1.75. The first-order valence-corrected chi connectivity index (χ1v) is 9.56. The summed E-state index contributed by atoms with van der Waals surface area (Å²) in [6.45, 7) is 0. The number of nitrogens with zero attached hydrogens (tertiary/aromatic N) is 1. The number of pyridine rings is 1. The lowest BCUT2D eigenvalue weighted by molar-refractivity contribution is 0.0915.